The summed E-state index contributed by atoms with van der Waals surface area (Å²) >= 11 is 0. The second-order valence-electron chi connectivity index (χ2n) is 6.94. The highest BCUT2D eigenvalue weighted by Gasteiger charge is 2.15. The number of hydrogen-bond donors (Lipinski definition) is 1. The number of benzene rings is 1. The molecule has 4 aromatic rings. The summed E-state index contributed by atoms with van der Waals surface area (Å²) in [4.78, 5) is 17.6. The molecular formula is C21H22FN6O4S-. The predicted octanol–water partition coefficient (Wildman–Crippen LogP) is 3.86. The maximum atomic E-state index is 13.2. The molecule has 3 heterocycles. The first-order valence-corrected chi connectivity index (χ1v) is 11.8. The van der Waals surface area contributed by atoms with Gasteiger partial charge in [0.15, 0.2) is 11.2 Å². The molecule has 0 amide bonds. The first-order chi connectivity index (χ1) is 15.7. The fraction of sp³-hybridized carbons (Fsp3) is 0.238. The van der Waals surface area contributed by atoms with Crippen LogP contribution in [0.3, 0.4) is 0 Å². The number of rotatable bonds is 7. The lowest BCUT2D eigenvalue weighted by atomic mass is 10.3. The van der Waals surface area contributed by atoms with Crippen molar-refractivity contribution in [3.63, 3.8) is 0 Å². The Hall–Kier alpha value is -3.64. The van der Waals surface area contributed by atoms with Gasteiger partial charge in [-0.25, -0.2) is 17.8 Å². The quantitative estimate of drug-likeness (QED) is 0.397. The summed E-state index contributed by atoms with van der Waals surface area (Å²) in [5, 5.41) is 3.10. The van der Waals surface area contributed by atoms with E-state index in [1.165, 1.54) is 12.1 Å². The minimum absolute atomic E-state index is 0.305. The van der Waals surface area contributed by atoms with E-state index in [-0.39, 0.29) is 5.82 Å². The van der Waals surface area contributed by atoms with E-state index in [0.29, 0.717) is 40.7 Å². The van der Waals surface area contributed by atoms with Gasteiger partial charge in [0.2, 0.25) is 5.95 Å². The van der Waals surface area contributed by atoms with Crippen molar-refractivity contribution in [2.75, 3.05) is 11.6 Å². The first-order valence-electron chi connectivity index (χ1n) is 9.97. The SMILES string of the molecule is CCCCn1cnc2c(Oc3cccnc3)nc(Nc3ccc(F)cc3)nc21.CS(=O)(=O)[O-]. The normalized spacial score (nSPS) is 11.0. The van der Waals surface area contributed by atoms with Gasteiger partial charge in [-0.2, -0.15) is 9.97 Å². The summed E-state index contributed by atoms with van der Waals surface area (Å²) in [6.45, 7) is 2.93. The molecular weight excluding hydrogens is 451 g/mol. The first kappa shape index (κ1) is 24.0. The lowest BCUT2D eigenvalue weighted by Crippen LogP contribution is -2.03. The molecule has 0 saturated carbocycles. The van der Waals surface area contributed by atoms with Crippen molar-refractivity contribution < 1.29 is 22.1 Å². The number of aromatic nitrogens is 5. The molecule has 0 unspecified atom stereocenters. The molecule has 0 spiro atoms. The van der Waals surface area contributed by atoms with Gasteiger partial charge in [0.25, 0.3) is 5.88 Å². The van der Waals surface area contributed by atoms with E-state index < -0.39 is 10.1 Å². The van der Waals surface area contributed by atoms with Crippen LogP contribution in [0.4, 0.5) is 16.0 Å². The summed E-state index contributed by atoms with van der Waals surface area (Å²) in [5.74, 6) is 0.924. The largest absolute Gasteiger partial charge is 0.748 e. The summed E-state index contributed by atoms with van der Waals surface area (Å²) in [7, 11) is -3.92. The lowest BCUT2D eigenvalue weighted by molar-refractivity contribution is 0.465. The van der Waals surface area contributed by atoms with E-state index in [0.717, 1.165) is 19.4 Å². The van der Waals surface area contributed by atoms with E-state index in [1.807, 2.05) is 4.57 Å². The van der Waals surface area contributed by atoms with Crippen LogP contribution < -0.4 is 10.1 Å². The molecule has 0 aliphatic heterocycles. The summed E-state index contributed by atoms with van der Waals surface area (Å²) < 4.78 is 48.3. The van der Waals surface area contributed by atoms with Crippen LogP contribution in [0.15, 0.2) is 55.1 Å². The average molecular weight is 474 g/mol. The van der Waals surface area contributed by atoms with Crippen LogP contribution >= 0.6 is 0 Å². The molecule has 0 saturated heterocycles. The number of nitrogens with one attached hydrogen (secondary N) is 1. The average Bonchev–Trinajstić information content (AvgIpc) is 3.17. The smallest absolute Gasteiger partial charge is 0.252 e. The highest BCUT2D eigenvalue weighted by atomic mass is 32.2. The number of fused-ring (bicyclic) bond motifs is 1. The van der Waals surface area contributed by atoms with Crippen LogP contribution in [0.25, 0.3) is 11.2 Å². The Balaban J connectivity index is 0.000000555. The number of ether oxygens (including phenoxy) is 1. The standard InChI is InChI=1S/C20H19FN6O.CH4O3S/c1-2-3-11-27-13-23-17-18(27)25-20(24-15-8-6-14(21)7-9-15)26-19(17)28-16-5-4-10-22-12-16;1-5(2,3)4/h4-10,12-13H,2-3,11H2,1H3,(H,24,25,26);1H3,(H,2,3,4)/p-1. The van der Waals surface area contributed by atoms with Gasteiger partial charge >= 0.3 is 0 Å². The number of anilines is 2. The molecule has 0 aliphatic rings. The number of halogens is 1. The van der Waals surface area contributed by atoms with Crippen molar-refractivity contribution >= 4 is 32.9 Å². The fourth-order valence-electron chi connectivity index (χ4n) is 2.72. The molecule has 1 aromatic carbocycles. The molecule has 3 aromatic heterocycles. The zero-order chi connectivity index (χ0) is 23.8. The second-order valence-corrected chi connectivity index (χ2v) is 8.35. The lowest BCUT2D eigenvalue weighted by Gasteiger charge is -2.10. The van der Waals surface area contributed by atoms with Crippen molar-refractivity contribution in [3.05, 3.63) is 60.9 Å². The number of nitrogens with zero attached hydrogens (tertiary/aromatic N) is 5. The van der Waals surface area contributed by atoms with Crippen LogP contribution in [0.1, 0.15) is 19.8 Å². The third-order valence-corrected chi connectivity index (χ3v) is 4.13. The highest BCUT2D eigenvalue weighted by molar-refractivity contribution is 7.84. The minimum Gasteiger partial charge on any atom is -0.748 e. The Labute approximate surface area is 190 Å². The van der Waals surface area contributed by atoms with Gasteiger partial charge in [-0.15, -0.1) is 0 Å². The molecule has 33 heavy (non-hydrogen) atoms. The van der Waals surface area contributed by atoms with E-state index >= 15 is 0 Å². The molecule has 174 valence electrons. The number of imidazole rings is 1. The molecule has 1 N–H and O–H groups in total. The second kappa shape index (κ2) is 10.8. The van der Waals surface area contributed by atoms with Crippen molar-refractivity contribution in [2.24, 2.45) is 0 Å². The number of unbranched alkanes of at least 4 members (excludes halogenated alkanes) is 1. The van der Waals surface area contributed by atoms with E-state index in [9.17, 15) is 4.39 Å². The van der Waals surface area contributed by atoms with E-state index in [1.54, 1.807) is 43.0 Å². The van der Waals surface area contributed by atoms with Crippen LogP contribution in [-0.2, 0) is 16.7 Å². The van der Waals surface area contributed by atoms with Crippen molar-refractivity contribution in [3.8, 4) is 11.6 Å². The zero-order valence-electron chi connectivity index (χ0n) is 18.0. The molecule has 0 fully saturated rings. The maximum Gasteiger partial charge on any atom is 0.252 e. The maximum absolute atomic E-state index is 13.2. The monoisotopic (exact) mass is 473 g/mol. The van der Waals surface area contributed by atoms with Gasteiger partial charge in [-0.3, -0.25) is 4.98 Å². The highest BCUT2D eigenvalue weighted by Crippen LogP contribution is 2.28. The Kier molecular flexibility index (Phi) is 7.85. The molecule has 0 atom stereocenters. The Bertz CT molecular complexity index is 1290. The van der Waals surface area contributed by atoms with Crippen LogP contribution in [0.5, 0.6) is 11.6 Å². The number of pyridine rings is 1. The van der Waals surface area contributed by atoms with E-state index in [4.69, 9.17) is 17.7 Å². The predicted molar refractivity (Wildman–Crippen MR) is 120 cm³/mol. The summed E-state index contributed by atoms with van der Waals surface area (Å²) in [6, 6.07) is 9.57. The number of hydrogen-bond acceptors (Lipinski definition) is 9. The molecule has 0 bridgehead atoms. The Morgan fingerprint density at radius 1 is 1.18 bits per heavy atom. The van der Waals surface area contributed by atoms with Gasteiger partial charge in [0.05, 0.1) is 22.6 Å². The molecule has 0 aliphatic carbocycles. The van der Waals surface area contributed by atoms with E-state index in [2.05, 4.69) is 32.2 Å². The van der Waals surface area contributed by atoms with Crippen molar-refractivity contribution in [2.45, 2.75) is 26.3 Å². The minimum atomic E-state index is -3.92. The molecule has 0 radical (unpaired) electrons. The fourth-order valence-corrected chi connectivity index (χ4v) is 2.72. The van der Waals surface area contributed by atoms with Gasteiger partial charge < -0.3 is 19.2 Å². The van der Waals surface area contributed by atoms with Crippen molar-refractivity contribution in [1.29, 1.82) is 0 Å². The van der Waals surface area contributed by atoms with Gasteiger partial charge in [-0.1, -0.05) is 13.3 Å². The van der Waals surface area contributed by atoms with Crippen LogP contribution in [-0.4, -0.2) is 43.7 Å². The Morgan fingerprint density at radius 3 is 2.55 bits per heavy atom. The zero-order valence-corrected chi connectivity index (χ0v) is 18.8. The number of aryl methyl sites for hydroxylation is 1. The molecule has 10 nitrogen and oxygen atoms in total. The summed E-state index contributed by atoms with van der Waals surface area (Å²) in [5.41, 5.74) is 1.92. The van der Waals surface area contributed by atoms with Crippen LogP contribution in [0, 0.1) is 5.82 Å². The van der Waals surface area contributed by atoms with Crippen LogP contribution in [0.2, 0.25) is 0 Å². The molecule has 12 heteroatoms. The Morgan fingerprint density at radius 2 is 1.91 bits per heavy atom. The third-order valence-electron chi connectivity index (χ3n) is 4.13. The van der Waals surface area contributed by atoms with Crippen molar-refractivity contribution in [1.82, 2.24) is 24.5 Å². The summed E-state index contributed by atoms with van der Waals surface area (Å²) in [6.07, 6.45) is 7.69. The van der Waals surface area contributed by atoms with Gasteiger partial charge in [0, 0.05) is 24.7 Å². The third kappa shape index (κ3) is 7.47. The topological polar surface area (TPSA) is 135 Å². The van der Waals surface area contributed by atoms with Gasteiger partial charge in [-0.05, 0) is 42.8 Å². The molecule has 4 rings (SSSR count). The van der Waals surface area contributed by atoms with Gasteiger partial charge in [0.1, 0.15) is 11.6 Å².